The van der Waals surface area contributed by atoms with Crippen molar-refractivity contribution in [3.63, 3.8) is 0 Å². The van der Waals surface area contributed by atoms with Crippen LogP contribution in [0.1, 0.15) is 42.3 Å². The minimum Gasteiger partial charge on any atom is -0.444 e. The smallest absolute Gasteiger partial charge is 0.410 e. The van der Waals surface area contributed by atoms with Crippen LogP contribution in [-0.4, -0.2) is 70.4 Å². The van der Waals surface area contributed by atoms with Gasteiger partial charge in [0.2, 0.25) is 0 Å². The molecule has 0 spiro atoms. The molecule has 214 valence electrons. The molecule has 11 nitrogen and oxygen atoms in total. The van der Waals surface area contributed by atoms with Gasteiger partial charge < -0.3 is 18.9 Å². The van der Waals surface area contributed by atoms with Crippen molar-refractivity contribution in [2.75, 3.05) is 19.7 Å². The minimum absolute atomic E-state index is 0.0368. The Morgan fingerprint density at radius 3 is 2.46 bits per heavy atom. The number of benzene rings is 2. The first-order valence-corrected chi connectivity index (χ1v) is 14.4. The molecule has 1 aliphatic rings. The molecule has 1 aliphatic carbocycles. The fourth-order valence-electron chi connectivity index (χ4n) is 4.65. The highest BCUT2D eigenvalue weighted by Crippen LogP contribution is 2.43. The van der Waals surface area contributed by atoms with Gasteiger partial charge in [-0.25, -0.2) is 4.79 Å². The molecule has 12 heteroatoms. The predicted molar refractivity (Wildman–Crippen MR) is 150 cm³/mol. The number of pyridine rings is 1. The minimum atomic E-state index is -4.24. The number of amides is 1. The van der Waals surface area contributed by atoms with Gasteiger partial charge in [-0.1, -0.05) is 17.7 Å². The van der Waals surface area contributed by atoms with Crippen molar-refractivity contribution in [3.05, 3.63) is 71.5 Å². The summed E-state index contributed by atoms with van der Waals surface area (Å²) in [5.74, 6) is -0.521. The normalized spacial score (nSPS) is 12.8. The number of rotatable bonds is 8. The van der Waals surface area contributed by atoms with E-state index in [9.17, 15) is 23.1 Å². The van der Waals surface area contributed by atoms with E-state index in [1.807, 2.05) is 6.92 Å². The van der Waals surface area contributed by atoms with E-state index < -0.39 is 27.6 Å². The molecular weight excluding hydrogens is 548 g/mol. The number of nitrogens with zero attached hydrogens (tertiary/aromatic N) is 4. The Labute approximate surface area is 237 Å². The SMILES string of the molecule is Cc1ccc(S(=O)(=O)Oc2ccc3c4c(nn3CCN(CCO)C(=O)OC(C)(C)C)-c3cnccc3C(=O)c24)cc1. The highest BCUT2D eigenvalue weighted by molar-refractivity contribution is 7.87. The van der Waals surface area contributed by atoms with Gasteiger partial charge in [-0.15, -0.1) is 0 Å². The van der Waals surface area contributed by atoms with E-state index >= 15 is 0 Å². The van der Waals surface area contributed by atoms with Crippen LogP contribution in [0.5, 0.6) is 5.75 Å². The molecule has 2 aromatic carbocycles. The largest absolute Gasteiger partial charge is 0.444 e. The molecule has 2 aromatic heterocycles. The first-order valence-electron chi connectivity index (χ1n) is 13.0. The lowest BCUT2D eigenvalue weighted by Gasteiger charge is -2.27. The Kier molecular flexibility index (Phi) is 7.30. The number of aromatic nitrogens is 3. The van der Waals surface area contributed by atoms with Crippen LogP contribution in [0, 0.1) is 6.92 Å². The third-order valence-corrected chi connectivity index (χ3v) is 7.79. The Bertz CT molecular complexity index is 1760. The molecule has 0 atom stereocenters. The zero-order valence-electron chi connectivity index (χ0n) is 23.1. The van der Waals surface area contributed by atoms with Crippen LogP contribution in [-0.2, 0) is 21.4 Å². The maximum atomic E-state index is 13.7. The van der Waals surface area contributed by atoms with Crippen LogP contribution in [0.2, 0.25) is 0 Å². The molecule has 41 heavy (non-hydrogen) atoms. The molecule has 0 aliphatic heterocycles. The lowest BCUT2D eigenvalue weighted by molar-refractivity contribution is 0.0211. The topological polar surface area (TPSA) is 141 Å². The van der Waals surface area contributed by atoms with Gasteiger partial charge in [-0.05, 0) is 58.0 Å². The van der Waals surface area contributed by atoms with Crippen molar-refractivity contribution in [3.8, 4) is 17.0 Å². The average molecular weight is 579 g/mol. The fraction of sp³-hybridized carbons (Fsp3) is 0.310. The number of fused-ring (bicyclic) bond motifs is 2. The van der Waals surface area contributed by atoms with Crippen LogP contribution in [0.15, 0.2) is 59.8 Å². The molecule has 0 bridgehead atoms. The second-order valence-electron chi connectivity index (χ2n) is 10.7. The summed E-state index contributed by atoms with van der Waals surface area (Å²) in [6.07, 6.45) is 2.45. The average Bonchev–Trinajstić information content (AvgIpc) is 3.28. The van der Waals surface area contributed by atoms with E-state index in [0.717, 1.165) is 5.56 Å². The number of hydrogen-bond donors (Lipinski definition) is 1. The molecule has 1 amide bonds. The Morgan fingerprint density at radius 1 is 1.05 bits per heavy atom. The van der Waals surface area contributed by atoms with Gasteiger partial charge in [-0.3, -0.25) is 14.5 Å². The molecule has 5 rings (SSSR count). The molecule has 4 aromatic rings. The zero-order valence-corrected chi connectivity index (χ0v) is 23.9. The summed E-state index contributed by atoms with van der Waals surface area (Å²) < 4.78 is 38.9. The zero-order chi connectivity index (χ0) is 29.5. The highest BCUT2D eigenvalue weighted by Gasteiger charge is 2.34. The van der Waals surface area contributed by atoms with Gasteiger partial charge in [0.25, 0.3) is 0 Å². The lowest BCUT2D eigenvalue weighted by atomic mass is 9.88. The third kappa shape index (κ3) is 5.52. The van der Waals surface area contributed by atoms with Crippen molar-refractivity contribution >= 4 is 32.9 Å². The molecule has 0 unspecified atom stereocenters. The summed E-state index contributed by atoms with van der Waals surface area (Å²) in [4.78, 5) is 31.9. The van der Waals surface area contributed by atoms with Gasteiger partial charge in [0.15, 0.2) is 11.5 Å². The Morgan fingerprint density at radius 2 is 1.78 bits per heavy atom. The first-order chi connectivity index (χ1) is 19.4. The summed E-state index contributed by atoms with van der Waals surface area (Å²) >= 11 is 0. The van der Waals surface area contributed by atoms with Crippen LogP contribution >= 0.6 is 0 Å². The van der Waals surface area contributed by atoms with Gasteiger partial charge in [0.1, 0.15) is 16.2 Å². The second-order valence-corrected chi connectivity index (χ2v) is 12.2. The number of ether oxygens (including phenoxy) is 1. The van der Waals surface area contributed by atoms with E-state index in [1.54, 1.807) is 49.7 Å². The third-order valence-electron chi connectivity index (χ3n) is 6.54. The monoisotopic (exact) mass is 578 g/mol. The fourth-order valence-corrected chi connectivity index (χ4v) is 5.59. The van der Waals surface area contributed by atoms with Crippen molar-refractivity contribution < 1.29 is 32.0 Å². The molecule has 0 radical (unpaired) electrons. The molecule has 2 heterocycles. The number of aryl methyl sites for hydroxylation is 1. The quantitative estimate of drug-likeness (QED) is 0.271. The molecule has 0 saturated heterocycles. The maximum Gasteiger partial charge on any atom is 0.410 e. The second kappa shape index (κ2) is 10.6. The highest BCUT2D eigenvalue weighted by atomic mass is 32.2. The standard InChI is InChI=1S/C29H30N4O7S/c1-18-5-7-19(8-6-18)41(37,38)40-23-10-9-22-24-25(23)27(35)20-11-12-30-17-21(20)26(24)31-33(22)14-13-32(15-16-34)28(36)39-29(2,3)4/h5-12,17,34H,13-16H2,1-4H3. The Hall–Kier alpha value is -4.29. The van der Waals surface area contributed by atoms with Crippen LogP contribution < -0.4 is 4.18 Å². The van der Waals surface area contributed by atoms with Crippen molar-refractivity contribution in [2.24, 2.45) is 0 Å². The van der Waals surface area contributed by atoms with E-state index in [0.29, 0.717) is 27.7 Å². The van der Waals surface area contributed by atoms with E-state index in [-0.39, 0.29) is 42.4 Å². The number of ketones is 1. The van der Waals surface area contributed by atoms with Crippen LogP contribution in [0.25, 0.3) is 22.2 Å². The Balaban J connectivity index is 1.57. The number of aliphatic hydroxyl groups excluding tert-OH is 1. The number of carbonyl (C=O) groups excluding carboxylic acids is 2. The van der Waals surface area contributed by atoms with Crippen molar-refractivity contribution in [2.45, 2.75) is 44.7 Å². The van der Waals surface area contributed by atoms with Gasteiger partial charge in [-0.2, -0.15) is 13.5 Å². The van der Waals surface area contributed by atoms with Crippen molar-refractivity contribution in [1.29, 1.82) is 0 Å². The maximum absolute atomic E-state index is 13.7. The summed E-state index contributed by atoms with van der Waals surface area (Å²) in [6.45, 7) is 7.30. The number of aliphatic hydroxyl groups is 1. The summed E-state index contributed by atoms with van der Waals surface area (Å²) in [5, 5.41) is 14.7. The van der Waals surface area contributed by atoms with E-state index in [2.05, 4.69) is 4.98 Å². The lowest BCUT2D eigenvalue weighted by Crippen LogP contribution is -2.40. The van der Waals surface area contributed by atoms with E-state index in [1.165, 1.54) is 35.5 Å². The predicted octanol–water partition coefficient (Wildman–Crippen LogP) is 3.95. The number of carbonyl (C=O) groups is 2. The summed E-state index contributed by atoms with van der Waals surface area (Å²) in [6, 6.07) is 10.9. The first kappa shape index (κ1) is 28.2. The van der Waals surface area contributed by atoms with Crippen LogP contribution in [0.4, 0.5) is 4.79 Å². The van der Waals surface area contributed by atoms with Crippen LogP contribution in [0.3, 0.4) is 0 Å². The molecular formula is C29H30N4O7S. The molecule has 0 saturated carbocycles. The molecule has 0 fully saturated rings. The number of hydrogen-bond acceptors (Lipinski definition) is 9. The molecule has 1 N–H and O–H groups in total. The van der Waals surface area contributed by atoms with Gasteiger partial charge in [0, 0.05) is 42.0 Å². The summed E-state index contributed by atoms with van der Waals surface area (Å²) in [7, 11) is -4.24. The van der Waals surface area contributed by atoms with Crippen molar-refractivity contribution in [1.82, 2.24) is 19.7 Å². The van der Waals surface area contributed by atoms with E-state index in [4.69, 9.17) is 14.0 Å². The van der Waals surface area contributed by atoms with Gasteiger partial charge >= 0.3 is 16.2 Å². The van der Waals surface area contributed by atoms with Gasteiger partial charge in [0.05, 0.1) is 24.2 Å². The summed E-state index contributed by atoms with van der Waals surface area (Å²) in [5.41, 5.74) is 2.08.